The first-order chi connectivity index (χ1) is 10.6. The lowest BCUT2D eigenvalue weighted by Gasteiger charge is -2.43. The molecule has 0 radical (unpaired) electrons. The molecule has 1 aliphatic heterocycles. The molecule has 2 aliphatic rings. The molecule has 2 heterocycles. The Labute approximate surface area is 142 Å². The minimum atomic E-state index is -0.550. The van der Waals surface area contributed by atoms with Gasteiger partial charge in [0.2, 0.25) is 0 Å². The van der Waals surface area contributed by atoms with E-state index in [0.29, 0.717) is 0 Å². The van der Waals surface area contributed by atoms with Gasteiger partial charge in [-0.2, -0.15) is 0 Å². The number of likely N-dealkylation sites (N-methyl/N-ethyl adjacent to an activating group) is 1. The van der Waals surface area contributed by atoms with Crippen LogP contribution in [0.2, 0.25) is 4.34 Å². The maximum Gasteiger partial charge on any atom is 0.0931 e. The first kappa shape index (κ1) is 16.7. The zero-order valence-corrected chi connectivity index (χ0v) is 15.0. The minimum absolute atomic E-state index is 0.194. The Bertz CT molecular complexity index is 479. The number of halogens is 1. The number of hydrogen-bond acceptors (Lipinski definition) is 4. The van der Waals surface area contributed by atoms with Crippen molar-refractivity contribution in [2.75, 3.05) is 39.8 Å². The van der Waals surface area contributed by atoms with E-state index in [4.69, 9.17) is 11.6 Å². The molecule has 5 heteroatoms. The van der Waals surface area contributed by atoms with E-state index in [1.807, 2.05) is 0 Å². The molecule has 0 spiro atoms. The quantitative estimate of drug-likeness (QED) is 0.908. The highest BCUT2D eigenvalue weighted by molar-refractivity contribution is 7.14. The van der Waals surface area contributed by atoms with Crippen LogP contribution in [0.3, 0.4) is 0 Å². The summed E-state index contributed by atoms with van der Waals surface area (Å²) >= 11 is 7.75. The number of hydrogen-bond donors (Lipinski definition) is 1. The first-order valence-corrected chi connectivity index (χ1v) is 9.70. The van der Waals surface area contributed by atoms with Crippen LogP contribution in [-0.4, -0.2) is 60.3 Å². The summed E-state index contributed by atoms with van der Waals surface area (Å²) in [5.41, 5.74) is 0.685. The van der Waals surface area contributed by atoms with E-state index in [1.165, 1.54) is 12.0 Å². The number of piperazine rings is 1. The van der Waals surface area contributed by atoms with Crippen LogP contribution in [0, 0.1) is 0 Å². The summed E-state index contributed by atoms with van der Waals surface area (Å²) in [6.07, 6.45) is 5.41. The van der Waals surface area contributed by atoms with Crippen molar-refractivity contribution in [1.29, 1.82) is 0 Å². The second-order valence-electron chi connectivity index (χ2n) is 7.00. The summed E-state index contributed by atoms with van der Waals surface area (Å²) in [7, 11) is 2.18. The third-order valence-corrected chi connectivity index (χ3v) is 6.50. The molecule has 3 nitrogen and oxygen atoms in total. The minimum Gasteiger partial charge on any atom is -0.389 e. The van der Waals surface area contributed by atoms with Crippen molar-refractivity contribution in [2.45, 2.75) is 43.6 Å². The van der Waals surface area contributed by atoms with Crippen LogP contribution in [0.25, 0.3) is 0 Å². The van der Waals surface area contributed by atoms with E-state index in [1.54, 1.807) is 11.3 Å². The highest BCUT2D eigenvalue weighted by Gasteiger charge is 2.40. The smallest absolute Gasteiger partial charge is 0.0931 e. The lowest BCUT2D eigenvalue weighted by molar-refractivity contribution is -0.0335. The fourth-order valence-electron chi connectivity index (χ4n) is 3.89. The highest BCUT2D eigenvalue weighted by Crippen LogP contribution is 2.42. The fraction of sp³-hybridized carbons (Fsp3) is 0.765. The van der Waals surface area contributed by atoms with Crippen LogP contribution < -0.4 is 0 Å². The zero-order chi connectivity index (χ0) is 15.6. The molecule has 1 N–H and O–H groups in total. The van der Waals surface area contributed by atoms with Gasteiger partial charge in [-0.25, -0.2) is 0 Å². The zero-order valence-electron chi connectivity index (χ0n) is 13.4. The van der Waals surface area contributed by atoms with Gasteiger partial charge in [0.1, 0.15) is 0 Å². The monoisotopic (exact) mass is 342 g/mol. The van der Waals surface area contributed by atoms with Crippen LogP contribution in [0.4, 0.5) is 0 Å². The molecular formula is C17H27ClN2OS. The Morgan fingerprint density at radius 3 is 2.50 bits per heavy atom. The number of nitrogens with zero attached hydrogens (tertiary/aromatic N) is 2. The Kier molecular flexibility index (Phi) is 5.46. The highest BCUT2D eigenvalue weighted by atomic mass is 35.5. The third-order valence-electron chi connectivity index (χ3n) is 5.39. The van der Waals surface area contributed by atoms with Gasteiger partial charge >= 0.3 is 0 Å². The predicted molar refractivity (Wildman–Crippen MR) is 94.0 cm³/mol. The maximum absolute atomic E-state index is 11.3. The molecule has 1 aromatic rings. The van der Waals surface area contributed by atoms with Gasteiger partial charge in [0.25, 0.3) is 0 Å². The van der Waals surface area contributed by atoms with Gasteiger partial charge < -0.3 is 14.9 Å². The summed E-state index contributed by atoms with van der Waals surface area (Å²) in [6, 6.07) is 2.07. The van der Waals surface area contributed by atoms with Crippen molar-refractivity contribution in [3.63, 3.8) is 0 Å². The van der Waals surface area contributed by atoms with Crippen molar-refractivity contribution >= 4 is 22.9 Å². The second-order valence-corrected chi connectivity index (χ2v) is 8.55. The first-order valence-electron chi connectivity index (χ1n) is 8.44. The third kappa shape index (κ3) is 3.85. The van der Waals surface area contributed by atoms with Crippen molar-refractivity contribution in [3.05, 3.63) is 21.3 Å². The standard InChI is InChI=1S/C17H27ClN2OS/c1-19-7-9-20(10-8-19)12-15(14-11-16(18)22-13-14)17(21)5-3-2-4-6-17/h11,13,15,21H,2-10,12H2,1H3/t15-/m1/s1. The number of thiophene rings is 1. The summed E-state index contributed by atoms with van der Waals surface area (Å²) in [5, 5.41) is 13.4. The topological polar surface area (TPSA) is 26.7 Å². The van der Waals surface area contributed by atoms with Crippen LogP contribution in [-0.2, 0) is 0 Å². The molecule has 2 fully saturated rings. The Hall–Kier alpha value is -0.130. The van der Waals surface area contributed by atoms with Crippen LogP contribution >= 0.6 is 22.9 Å². The van der Waals surface area contributed by atoms with Gasteiger partial charge in [-0.3, -0.25) is 0 Å². The molecule has 3 rings (SSSR count). The van der Waals surface area contributed by atoms with Crippen molar-refractivity contribution in [1.82, 2.24) is 9.80 Å². The van der Waals surface area contributed by atoms with Gasteiger partial charge in [-0.1, -0.05) is 30.9 Å². The SMILES string of the molecule is CN1CCN(C[C@H](c2csc(Cl)c2)C2(O)CCCCC2)CC1. The summed E-state index contributed by atoms with van der Waals surface area (Å²) in [4.78, 5) is 4.89. The van der Waals surface area contributed by atoms with Crippen molar-refractivity contribution < 1.29 is 5.11 Å². The Morgan fingerprint density at radius 1 is 1.23 bits per heavy atom. The van der Waals surface area contributed by atoms with E-state index >= 15 is 0 Å². The number of rotatable bonds is 4. The van der Waals surface area contributed by atoms with E-state index < -0.39 is 5.60 Å². The van der Waals surface area contributed by atoms with Gasteiger partial charge in [0, 0.05) is 38.6 Å². The van der Waals surface area contributed by atoms with Crippen molar-refractivity contribution in [2.24, 2.45) is 0 Å². The molecule has 1 saturated heterocycles. The van der Waals surface area contributed by atoms with Crippen LogP contribution in [0.5, 0.6) is 0 Å². The average Bonchev–Trinajstić information content (AvgIpc) is 2.93. The Balaban J connectivity index is 1.77. The van der Waals surface area contributed by atoms with Crippen LogP contribution in [0.15, 0.2) is 11.4 Å². The molecule has 0 amide bonds. The van der Waals surface area contributed by atoms with E-state index in [-0.39, 0.29) is 5.92 Å². The Morgan fingerprint density at radius 2 is 1.91 bits per heavy atom. The molecule has 0 bridgehead atoms. The van der Waals surface area contributed by atoms with Gasteiger partial charge in [0.15, 0.2) is 0 Å². The number of aliphatic hydroxyl groups is 1. The summed E-state index contributed by atoms with van der Waals surface area (Å²) < 4.78 is 0.831. The fourth-order valence-corrected chi connectivity index (χ4v) is 4.84. The molecule has 0 unspecified atom stereocenters. The van der Waals surface area contributed by atoms with Gasteiger partial charge in [0.05, 0.1) is 9.94 Å². The maximum atomic E-state index is 11.3. The second kappa shape index (κ2) is 7.18. The molecule has 0 aromatic carbocycles. The van der Waals surface area contributed by atoms with E-state index in [9.17, 15) is 5.11 Å². The molecule has 1 aliphatic carbocycles. The molecule has 1 aromatic heterocycles. The summed E-state index contributed by atoms with van der Waals surface area (Å²) in [6.45, 7) is 5.39. The van der Waals surface area contributed by atoms with Crippen LogP contribution in [0.1, 0.15) is 43.6 Å². The molecular weight excluding hydrogens is 316 g/mol. The predicted octanol–water partition coefficient (Wildman–Crippen LogP) is 3.43. The largest absolute Gasteiger partial charge is 0.389 e. The molecule has 124 valence electrons. The molecule has 22 heavy (non-hydrogen) atoms. The van der Waals surface area contributed by atoms with E-state index in [2.05, 4.69) is 28.3 Å². The van der Waals surface area contributed by atoms with E-state index in [0.717, 1.165) is 62.7 Å². The average molecular weight is 343 g/mol. The van der Waals surface area contributed by atoms with Crippen molar-refractivity contribution in [3.8, 4) is 0 Å². The lowest BCUT2D eigenvalue weighted by atomic mass is 9.73. The normalized spacial score (nSPS) is 25.2. The summed E-state index contributed by atoms with van der Waals surface area (Å²) in [5.74, 6) is 0.194. The lowest BCUT2D eigenvalue weighted by Crippen LogP contribution is -2.49. The molecule has 1 atom stereocenters. The van der Waals surface area contributed by atoms with Gasteiger partial charge in [-0.05, 0) is 36.9 Å². The van der Waals surface area contributed by atoms with Gasteiger partial charge in [-0.15, -0.1) is 11.3 Å². The molecule has 1 saturated carbocycles.